The number of ether oxygens (including phenoxy) is 3. The summed E-state index contributed by atoms with van der Waals surface area (Å²) in [5.41, 5.74) is 3.11. The fourth-order valence-corrected chi connectivity index (χ4v) is 10.2. The van der Waals surface area contributed by atoms with Gasteiger partial charge in [-0.05, 0) is 111 Å². The van der Waals surface area contributed by atoms with Crippen molar-refractivity contribution in [3.8, 4) is 5.75 Å². The number of carbonyl (C=O) groups excluding carboxylic acids is 1. The molecule has 10 heteroatoms. The molecular weight excluding hydrogens is 612 g/mol. The average Bonchev–Trinajstić information content (AvgIpc) is 3.15. The third-order valence-corrected chi connectivity index (χ3v) is 13.7. The number of sulfonamides is 1. The minimum atomic E-state index is -3.89. The Morgan fingerprint density at radius 3 is 2.64 bits per heavy atom. The number of fused-ring (bicyclic) bond motifs is 5. The van der Waals surface area contributed by atoms with Crippen LogP contribution in [0.5, 0.6) is 5.75 Å². The first-order valence-electron chi connectivity index (χ1n) is 16.7. The largest absolute Gasteiger partial charge is 0.490 e. The zero-order valence-electron chi connectivity index (χ0n) is 26.4. The molecular formula is C35H45ClN2O6S. The van der Waals surface area contributed by atoms with Gasteiger partial charge in [0.25, 0.3) is 5.91 Å². The molecule has 244 valence electrons. The Hall–Kier alpha value is -2.33. The van der Waals surface area contributed by atoms with Gasteiger partial charge in [0, 0.05) is 29.1 Å². The standard InChI is InChI=1S/C35H45ClN2O6S/c1-23-5-3-14-35(22-42-15-16-44-35)30-10-7-27(30)19-38-20-34(13-4-6-25-17-28(36)9-11-29(25)34)21-43-32-12-8-26(18-31(32)38)33(39)37-45(40,41)24(23)2/h8-9,11-12,17-18,23-24,27,30H,3-7,10,13-16,19-22H2,1-2H3,(H,37,39)/t23-,24+,27-,30+,34-,35+/m0/s1. The average molecular weight is 657 g/mol. The first-order valence-corrected chi connectivity index (χ1v) is 18.6. The van der Waals surface area contributed by atoms with Gasteiger partial charge in [-0.15, -0.1) is 0 Å². The van der Waals surface area contributed by atoms with E-state index in [2.05, 4.69) is 21.8 Å². The van der Waals surface area contributed by atoms with Crippen molar-refractivity contribution in [2.75, 3.05) is 44.4 Å². The van der Waals surface area contributed by atoms with E-state index >= 15 is 0 Å². The molecule has 1 N–H and O–H groups in total. The van der Waals surface area contributed by atoms with Crippen LogP contribution < -0.4 is 14.4 Å². The molecule has 8 nitrogen and oxygen atoms in total. The van der Waals surface area contributed by atoms with Crippen LogP contribution >= 0.6 is 11.6 Å². The van der Waals surface area contributed by atoms with Crippen molar-refractivity contribution in [1.29, 1.82) is 0 Å². The molecule has 2 aliphatic carbocycles. The maximum atomic E-state index is 13.5. The molecule has 2 spiro atoms. The van der Waals surface area contributed by atoms with Crippen molar-refractivity contribution >= 4 is 33.2 Å². The monoisotopic (exact) mass is 656 g/mol. The van der Waals surface area contributed by atoms with Crippen LogP contribution in [0, 0.1) is 17.8 Å². The summed E-state index contributed by atoms with van der Waals surface area (Å²) in [4.78, 5) is 15.9. The molecule has 2 aromatic carbocycles. The third kappa shape index (κ3) is 5.76. The Labute approximate surface area is 272 Å². The summed E-state index contributed by atoms with van der Waals surface area (Å²) < 4.78 is 48.5. The topological polar surface area (TPSA) is 94.2 Å². The molecule has 0 aromatic heterocycles. The number of anilines is 1. The second kappa shape index (κ2) is 12.0. The molecule has 0 radical (unpaired) electrons. The number of nitrogens with zero attached hydrogens (tertiary/aromatic N) is 1. The summed E-state index contributed by atoms with van der Waals surface area (Å²) in [5, 5.41) is 0.0333. The number of nitrogens with one attached hydrogen (secondary N) is 1. The second-order valence-electron chi connectivity index (χ2n) is 14.2. The molecule has 6 atom stereocenters. The fourth-order valence-electron chi connectivity index (χ4n) is 8.70. The van der Waals surface area contributed by atoms with E-state index in [9.17, 15) is 13.2 Å². The zero-order valence-corrected chi connectivity index (χ0v) is 27.9. The van der Waals surface area contributed by atoms with Crippen molar-refractivity contribution in [3.63, 3.8) is 0 Å². The van der Waals surface area contributed by atoms with E-state index in [1.807, 2.05) is 25.1 Å². The Morgan fingerprint density at radius 1 is 1.00 bits per heavy atom. The lowest BCUT2D eigenvalue weighted by molar-refractivity contribution is -0.212. The van der Waals surface area contributed by atoms with E-state index in [4.69, 9.17) is 25.8 Å². The molecule has 0 unspecified atom stereocenters. The lowest BCUT2D eigenvalue weighted by Crippen LogP contribution is -2.57. The second-order valence-corrected chi connectivity index (χ2v) is 16.7. The predicted octanol–water partition coefficient (Wildman–Crippen LogP) is 5.89. The SMILES string of the molecule is C[C@@H]1[C@@H](C)CCC[C@@]2(COCCO2)[C@@H]2CC[C@H]2CN2C[C@@]3(CCCc4cc(Cl)ccc43)COc3ccc(cc32)C(=O)NS1(=O)=O. The van der Waals surface area contributed by atoms with Gasteiger partial charge in [-0.25, -0.2) is 13.1 Å². The van der Waals surface area contributed by atoms with Crippen molar-refractivity contribution < 1.29 is 27.4 Å². The van der Waals surface area contributed by atoms with Crippen LogP contribution in [-0.4, -0.2) is 64.7 Å². The van der Waals surface area contributed by atoms with Crippen LogP contribution in [0.1, 0.15) is 80.3 Å². The van der Waals surface area contributed by atoms with E-state index in [0.29, 0.717) is 43.8 Å². The molecule has 3 aliphatic heterocycles. The zero-order chi connectivity index (χ0) is 31.4. The van der Waals surface area contributed by atoms with Gasteiger partial charge in [0.2, 0.25) is 10.0 Å². The lowest BCUT2D eigenvalue weighted by atomic mass is 9.62. The van der Waals surface area contributed by atoms with Gasteiger partial charge in [-0.2, -0.15) is 0 Å². The Kier molecular flexibility index (Phi) is 8.37. The lowest BCUT2D eigenvalue weighted by Gasteiger charge is -2.53. The van der Waals surface area contributed by atoms with E-state index < -0.39 is 21.2 Å². The number of halogens is 1. The first-order chi connectivity index (χ1) is 21.6. The van der Waals surface area contributed by atoms with Crippen molar-refractivity contribution in [2.24, 2.45) is 17.8 Å². The number of hydrogen-bond acceptors (Lipinski definition) is 7. The van der Waals surface area contributed by atoms with Crippen LogP contribution in [0.25, 0.3) is 0 Å². The summed E-state index contributed by atoms with van der Waals surface area (Å²) in [6.45, 7) is 7.48. The van der Waals surface area contributed by atoms with Gasteiger partial charge < -0.3 is 19.1 Å². The van der Waals surface area contributed by atoms with Crippen LogP contribution in [0.15, 0.2) is 36.4 Å². The van der Waals surface area contributed by atoms with Gasteiger partial charge in [-0.1, -0.05) is 31.0 Å². The highest BCUT2D eigenvalue weighted by atomic mass is 35.5. The Bertz CT molecular complexity index is 1560. The van der Waals surface area contributed by atoms with Gasteiger partial charge in [0.05, 0.1) is 43.0 Å². The molecule has 2 fully saturated rings. The smallest absolute Gasteiger partial charge is 0.264 e. The molecule has 45 heavy (non-hydrogen) atoms. The van der Waals surface area contributed by atoms with E-state index in [0.717, 1.165) is 80.9 Å². The molecule has 5 aliphatic rings. The Balaban J connectivity index is 1.31. The normalized spacial score (nSPS) is 34.9. The number of hydrogen-bond donors (Lipinski definition) is 1. The van der Waals surface area contributed by atoms with Gasteiger partial charge in [-0.3, -0.25) is 4.79 Å². The number of aryl methyl sites for hydroxylation is 1. The Morgan fingerprint density at radius 2 is 1.87 bits per heavy atom. The summed E-state index contributed by atoms with van der Waals surface area (Å²) >= 11 is 6.44. The third-order valence-electron chi connectivity index (χ3n) is 11.6. The molecule has 7 rings (SSSR count). The van der Waals surface area contributed by atoms with Crippen LogP contribution in [0.4, 0.5) is 5.69 Å². The summed E-state index contributed by atoms with van der Waals surface area (Å²) in [5.74, 6) is 0.731. The molecule has 1 saturated carbocycles. The quantitative estimate of drug-likeness (QED) is 0.378. The van der Waals surface area contributed by atoms with E-state index in [1.165, 1.54) is 11.1 Å². The molecule has 2 aromatic rings. The first kappa shape index (κ1) is 31.3. The molecule has 1 saturated heterocycles. The van der Waals surface area contributed by atoms with Crippen molar-refractivity contribution in [2.45, 2.75) is 81.5 Å². The van der Waals surface area contributed by atoms with Gasteiger partial charge in [0.15, 0.2) is 0 Å². The highest BCUT2D eigenvalue weighted by molar-refractivity contribution is 7.90. The number of amides is 1. The minimum Gasteiger partial charge on any atom is -0.490 e. The predicted molar refractivity (Wildman–Crippen MR) is 175 cm³/mol. The highest BCUT2D eigenvalue weighted by Crippen LogP contribution is 2.50. The summed E-state index contributed by atoms with van der Waals surface area (Å²) in [7, 11) is -3.89. The summed E-state index contributed by atoms with van der Waals surface area (Å²) in [6, 6.07) is 11.6. The van der Waals surface area contributed by atoms with Crippen LogP contribution in [0.3, 0.4) is 0 Å². The molecule has 3 heterocycles. The minimum absolute atomic E-state index is 0.123. The fraction of sp³-hybridized carbons (Fsp3) is 0.629. The number of carbonyl (C=O) groups is 1. The number of benzene rings is 2. The van der Waals surface area contributed by atoms with Gasteiger partial charge in [0.1, 0.15) is 5.75 Å². The van der Waals surface area contributed by atoms with Crippen LogP contribution in [0.2, 0.25) is 5.02 Å². The molecule has 1 amide bonds. The van der Waals surface area contributed by atoms with E-state index in [1.54, 1.807) is 13.0 Å². The summed E-state index contributed by atoms with van der Waals surface area (Å²) in [6.07, 6.45) is 7.61. The maximum absolute atomic E-state index is 13.5. The van der Waals surface area contributed by atoms with Crippen LogP contribution in [-0.2, 0) is 31.3 Å². The maximum Gasteiger partial charge on any atom is 0.264 e. The van der Waals surface area contributed by atoms with Crippen molar-refractivity contribution in [3.05, 3.63) is 58.1 Å². The number of rotatable bonds is 0. The highest BCUT2D eigenvalue weighted by Gasteiger charge is 2.51. The molecule has 2 bridgehead atoms. The van der Waals surface area contributed by atoms with Crippen molar-refractivity contribution in [1.82, 2.24) is 4.72 Å². The van der Waals surface area contributed by atoms with E-state index in [-0.39, 0.29) is 16.9 Å². The van der Waals surface area contributed by atoms with Gasteiger partial charge >= 0.3 is 0 Å².